The molecule has 3 aromatic rings. The molecule has 2 aromatic heterocycles. The van der Waals surface area contributed by atoms with Crippen molar-refractivity contribution in [3.05, 3.63) is 79.7 Å². The van der Waals surface area contributed by atoms with Gasteiger partial charge in [0.15, 0.2) is 0 Å². The normalized spacial score (nSPS) is 17.9. The van der Waals surface area contributed by atoms with Crippen LogP contribution in [0.15, 0.2) is 52.2 Å². The molecular formula is C24H26ClN5O4. The number of benzene rings is 1. The molecule has 0 bridgehead atoms. The zero-order valence-corrected chi connectivity index (χ0v) is 19.7. The standard InChI is InChI=1S/C24H26ClN5O4/c1-15-3-8-18(13-26-15)34-22-27-20-19(30(22)14-16-4-6-17(25)7-5-16)21(31)29(23(32)28(20)2)12-11-24(33)9-10-24/h3-8,13,22,27,33H,9-12,14H2,1-2H3. The maximum absolute atomic E-state index is 13.6. The number of ether oxygens (including phenoxy) is 1. The van der Waals surface area contributed by atoms with Crippen LogP contribution < -0.4 is 26.2 Å². The molecule has 34 heavy (non-hydrogen) atoms. The second-order valence-corrected chi connectivity index (χ2v) is 9.41. The van der Waals surface area contributed by atoms with Gasteiger partial charge in [-0.05, 0) is 56.0 Å². The third kappa shape index (κ3) is 4.28. The number of rotatable bonds is 7. The third-order valence-electron chi connectivity index (χ3n) is 6.38. The number of hydrogen-bond acceptors (Lipinski definition) is 7. The number of fused-ring (bicyclic) bond motifs is 1. The summed E-state index contributed by atoms with van der Waals surface area (Å²) in [6.07, 6.45) is 2.63. The molecule has 3 heterocycles. The van der Waals surface area contributed by atoms with Crippen LogP contribution in [-0.2, 0) is 20.1 Å². The lowest BCUT2D eigenvalue weighted by Gasteiger charge is -2.26. The smallest absolute Gasteiger partial charge is 0.332 e. The van der Waals surface area contributed by atoms with Crippen LogP contribution in [0.25, 0.3) is 0 Å². The highest BCUT2D eigenvalue weighted by atomic mass is 35.5. The van der Waals surface area contributed by atoms with Gasteiger partial charge in [0, 0.05) is 30.9 Å². The highest BCUT2D eigenvalue weighted by Crippen LogP contribution is 2.38. The van der Waals surface area contributed by atoms with Crippen molar-refractivity contribution < 1.29 is 9.84 Å². The van der Waals surface area contributed by atoms with E-state index in [1.807, 2.05) is 25.1 Å². The van der Waals surface area contributed by atoms with E-state index in [0.29, 0.717) is 48.1 Å². The maximum Gasteiger partial charge on any atom is 0.332 e. The summed E-state index contributed by atoms with van der Waals surface area (Å²) in [6, 6.07) is 11.0. The van der Waals surface area contributed by atoms with Crippen molar-refractivity contribution in [1.29, 1.82) is 0 Å². The van der Waals surface area contributed by atoms with Gasteiger partial charge in [-0.1, -0.05) is 23.7 Å². The molecule has 1 atom stereocenters. The predicted molar refractivity (Wildman–Crippen MR) is 129 cm³/mol. The SMILES string of the molecule is Cc1ccc(OC2Nc3c(c(=O)n(CCC4(O)CC4)c(=O)n3C)N2Cc2ccc(Cl)cc2)cn1. The van der Waals surface area contributed by atoms with Crippen molar-refractivity contribution in [2.24, 2.45) is 7.05 Å². The Bertz CT molecular complexity index is 1330. The Kier molecular flexibility index (Phi) is 5.61. The average molecular weight is 484 g/mol. The monoisotopic (exact) mass is 483 g/mol. The first-order valence-electron chi connectivity index (χ1n) is 11.2. The Morgan fingerprint density at radius 1 is 1.21 bits per heavy atom. The topological polar surface area (TPSA) is 102 Å². The van der Waals surface area contributed by atoms with Gasteiger partial charge in [-0.15, -0.1) is 0 Å². The van der Waals surface area contributed by atoms with Crippen LogP contribution in [0.3, 0.4) is 0 Å². The van der Waals surface area contributed by atoms with Gasteiger partial charge in [0.1, 0.15) is 17.3 Å². The van der Waals surface area contributed by atoms with Crippen molar-refractivity contribution >= 4 is 23.1 Å². The van der Waals surface area contributed by atoms with Crippen LogP contribution in [-0.4, -0.2) is 31.2 Å². The number of aryl methyl sites for hydroxylation is 1. The van der Waals surface area contributed by atoms with Crippen molar-refractivity contribution in [3.63, 3.8) is 0 Å². The molecular weight excluding hydrogens is 458 g/mol. The number of anilines is 2. The number of nitrogens with one attached hydrogen (secondary N) is 1. The van der Waals surface area contributed by atoms with Gasteiger partial charge in [-0.25, -0.2) is 4.79 Å². The van der Waals surface area contributed by atoms with Gasteiger partial charge < -0.3 is 20.1 Å². The van der Waals surface area contributed by atoms with Crippen molar-refractivity contribution in [2.45, 2.75) is 51.2 Å². The highest BCUT2D eigenvalue weighted by molar-refractivity contribution is 6.30. The van der Waals surface area contributed by atoms with Gasteiger partial charge in [0.25, 0.3) is 11.9 Å². The van der Waals surface area contributed by atoms with Crippen molar-refractivity contribution in [2.75, 3.05) is 10.2 Å². The average Bonchev–Trinajstić information content (AvgIpc) is 3.45. The summed E-state index contributed by atoms with van der Waals surface area (Å²) < 4.78 is 8.77. The first-order valence-corrected chi connectivity index (χ1v) is 11.5. The summed E-state index contributed by atoms with van der Waals surface area (Å²) in [6.45, 7) is 2.38. The van der Waals surface area contributed by atoms with E-state index in [-0.39, 0.29) is 6.54 Å². The summed E-state index contributed by atoms with van der Waals surface area (Å²) in [5.41, 5.74) is 0.485. The molecule has 0 saturated heterocycles. The molecule has 1 saturated carbocycles. The number of aromatic nitrogens is 3. The van der Waals surface area contributed by atoms with Gasteiger partial charge in [0.2, 0.25) is 0 Å². The number of nitrogens with zero attached hydrogens (tertiary/aromatic N) is 4. The van der Waals surface area contributed by atoms with E-state index in [1.54, 1.807) is 36.3 Å². The van der Waals surface area contributed by atoms with Crippen LogP contribution in [0.5, 0.6) is 5.75 Å². The lowest BCUT2D eigenvalue weighted by Crippen LogP contribution is -2.43. The van der Waals surface area contributed by atoms with Crippen LogP contribution in [0.1, 0.15) is 30.5 Å². The Morgan fingerprint density at radius 3 is 2.59 bits per heavy atom. The Balaban J connectivity index is 1.54. The summed E-state index contributed by atoms with van der Waals surface area (Å²) in [5, 5.41) is 14.1. The van der Waals surface area contributed by atoms with Crippen LogP contribution in [0.2, 0.25) is 5.02 Å². The second-order valence-electron chi connectivity index (χ2n) is 8.97. The molecule has 1 aliphatic heterocycles. The lowest BCUT2D eigenvalue weighted by atomic mass is 10.2. The molecule has 5 rings (SSSR count). The fraction of sp³-hybridized carbons (Fsp3) is 0.375. The quantitative estimate of drug-likeness (QED) is 0.532. The zero-order valence-electron chi connectivity index (χ0n) is 19.0. The van der Waals surface area contributed by atoms with Crippen molar-refractivity contribution in [1.82, 2.24) is 14.1 Å². The van der Waals surface area contributed by atoms with Gasteiger partial charge in [-0.3, -0.25) is 18.9 Å². The lowest BCUT2D eigenvalue weighted by molar-refractivity contribution is 0.133. The summed E-state index contributed by atoms with van der Waals surface area (Å²) in [7, 11) is 1.62. The number of aliphatic hydroxyl groups is 1. The molecule has 178 valence electrons. The zero-order chi connectivity index (χ0) is 24.0. The molecule has 2 N–H and O–H groups in total. The molecule has 0 amide bonds. The molecule has 1 aromatic carbocycles. The minimum atomic E-state index is -0.769. The van der Waals surface area contributed by atoms with E-state index in [1.165, 1.54) is 9.13 Å². The Hall–Kier alpha value is -3.30. The Labute approximate surface area is 201 Å². The van der Waals surface area contributed by atoms with Gasteiger partial charge in [-0.2, -0.15) is 0 Å². The molecule has 1 unspecified atom stereocenters. The van der Waals surface area contributed by atoms with Crippen LogP contribution >= 0.6 is 11.6 Å². The van der Waals surface area contributed by atoms with E-state index in [2.05, 4.69) is 10.3 Å². The number of pyridine rings is 1. The van der Waals surface area contributed by atoms with E-state index in [9.17, 15) is 14.7 Å². The fourth-order valence-electron chi connectivity index (χ4n) is 4.09. The van der Waals surface area contributed by atoms with Gasteiger partial charge >= 0.3 is 5.69 Å². The summed E-state index contributed by atoms with van der Waals surface area (Å²) >= 11 is 6.05. The third-order valence-corrected chi connectivity index (χ3v) is 6.63. The molecule has 0 spiro atoms. The van der Waals surface area contributed by atoms with Gasteiger partial charge in [0.05, 0.1) is 11.8 Å². The van der Waals surface area contributed by atoms with Crippen molar-refractivity contribution in [3.8, 4) is 5.75 Å². The molecule has 1 aliphatic carbocycles. The summed E-state index contributed by atoms with van der Waals surface area (Å²) in [5.74, 6) is 0.911. The maximum atomic E-state index is 13.6. The first-order chi connectivity index (χ1) is 16.2. The largest absolute Gasteiger partial charge is 0.451 e. The summed E-state index contributed by atoms with van der Waals surface area (Å²) in [4.78, 5) is 32.6. The number of halogens is 1. The molecule has 9 nitrogen and oxygen atoms in total. The Morgan fingerprint density at radius 2 is 1.94 bits per heavy atom. The highest BCUT2D eigenvalue weighted by Gasteiger charge is 2.41. The van der Waals surface area contributed by atoms with Crippen LogP contribution in [0.4, 0.5) is 11.5 Å². The van der Waals surface area contributed by atoms with E-state index < -0.39 is 23.2 Å². The number of hydrogen-bond donors (Lipinski definition) is 2. The van der Waals surface area contributed by atoms with E-state index >= 15 is 0 Å². The molecule has 0 radical (unpaired) electrons. The predicted octanol–water partition coefficient (Wildman–Crippen LogP) is 2.61. The first kappa shape index (κ1) is 22.5. The van der Waals surface area contributed by atoms with E-state index in [0.717, 1.165) is 11.3 Å². The second kappa shape index (κ2) is 8.48. The van der Waals surface area contributed by atoms with Crippen LogP contribution in [0, 0.1) is 6.92 Å². The molecule has 2 aliphatic rings. The van der Waals surface area contributed by atoms with E-state index in [4.69, 9.17) is 16.3 Å². The molecule has 10 heteroatoms. The molecule has 1 fully saturated rings. The fourth-order valence-corrected chi connectivity index (χ4v) is 4.22. The minimum absolute atomic E-state index is 0.150. The minimum Gasteiger partial charge on any atom is -0.451 e.